The van der Waals surface area contributed by atoms with Crippen LogP contribution in [0.1, 0.15) is 154 Å². The third-order valence-electron chi connectivity index (χ3n) is 23.1. The van der Waals surface area contributed by atoms with E-state index in [4.69, 9.17) is 40.2 Å². The SMILES string of the molecule is CCOC(=O)CCCCCBr.CCOC(=O)CCCCCCc1ccc2ccc3cccc4ccc1c2c34.NNC(=O)CCCCCCc1cc(S(=O)(=O)O)c2ccc3c(S(=O)(=O)O)cc(S(=O)(=O)O)c4ccc1c2c43.Nc1ccc2ccc3cccc4ccc1c2c34.O=C(O)CCCCCCc1cc(S(=O)(=O)O)c2ccc3c(S(=O)(=O)O)cc(S(=O)(=O)O)c4ccc1c2c43.O=S(=O)=O.[2H]CF. The molecule has 31 nitrogen and oxygen atoms in total. The zero-order valence-electron chi connectivity index (χ0n) is 74.7. The predicted octanol–water partition coefficient (Wildman–Crippen LogP) is 19.6. The molecule has 0 aliphatic carbocycles. The van der Waals surface area contributed by atoms with E-state index in [2.05, 4.69) is 119 Å². The highest BCUT2D eigenvalue weighted by Crippen LogP contribution is 2.47. The van der Waals surface area contributed by atoms with Crippen LogP contribution in [0.15, 0.2) is 211 Å². The number of halogens is 2. The first-order valence-corrected chi connectivity index (χ1v) is 53.8. The summed E-state index contributed by atoms with van der Waals surface area (Å²) in [5, 5.41) is 26.4. The van der Waals surface area contributed by atoms with Crippen LogP contribution in [-0.4, -0.2) is 145 Å². The average Bonchev–Trinajstić information content (AvgIpc) is 0.700. The molecule has 16 rings (SSSR count). The van der Waals surface area contributed by atoms with Crippen molar-refractivity contribution < 1.29 is 130 Å². The summed E-state index contributed by atoms with van der Waals surface area (Å²) in [4.78, 5) is 40.0. The van der Waals surface area contributed by atoms with E-state index < -0.39 is 114 Å². The summed E-state index contributed by atoms with van der Waals surface area (Å²) in [6.07, 6.45) is 15.5. The fourth-order valence-electron chi connectivity index (χ4n) is 17.3. The molecule has 0 radical (unpaired) electrons. The van der Waals surface area contributed by atoms with Crippen LogP contribution in [-0.2, 0) is 119 Å². The average molecular weight is 2070 g/mol. The van der Waals surface area contributed by atoms with Crippen LogP contribution in [0.2, 0.25) is 0 Å². The number of nitrogen functional groups attached to an aromatic ring is 1. The molecule has 12 N–H and O–H groups in total. The Bertz CT molecular complexity index is 7870. The van der Waals surface area contributed by atoms with E-state index in [1.54, 1.807) is 0 Å². The summed E-state index contributed by atoms with van der Waals surface area (Å²) < 4.78 is 256. The lowest BCUT2D eigenvalue weighted by Crippen LogP contribution is -2.29. The number of amides is 1. The molecule has 0 saturated heterocycles. The second kappa shape index (κ2) is 46.8. The topological polar surface area (TPSA) is 548 Å². The van der Waals surface area contributed by atoms with E-state index in [0.717, 1.165) is 67.8 Å². The largest absolute Gasteiger partial charge is 0.481 e. The van der Waals surface area contributed by atoms with Crippen LogP contribution in [0.25, 0.3) is 129 Å². The molecule has 0 heterocycles. The highest BCUT2D eigenvalue weighted by molar-refractivity contribution is 9.09. The van der Waals surface area contributed by atoms with Gasteiger partial charge in [0, 0.05) is 85.2 Å². The zero-order valence-corrected chi connectivity index (χ0v) is 81.0. The number of nitrogens with one attached hydrogen (secondary N) is 1. The fraction of sp³-hybridized carbons (Fsp3) is 0.292. The van der Waals surface area contributed by atoms with Gasteiger partial charge in [0.1, 0.15) is 29.4 Å². The third kappa shape index (κ3) is 26.2. The Morgan fingerprint density at radius 1 is 0.353 bits per heavy atom. The van der Waals surface area contributed by atoms with Gasteiger partial charge in [0.2, 0.25) is 5.91 Å². The number of carbonyl (C=O) groups excluding carboxylic acids is 3. The van der Waals surface area contributed by atoms with Gasteiger partial charge in [0.15, 0.2) is 0 Å². The van der Waals surface area contributed by atoms with Crippen molar-refractivity contribution in [1.82, 2.24) is 5.43 Å². The Morgan fingerprint density at radius 3 is 0.949 bits per heavy atom. The summed E-state index contributed by atoms with van der Waals surface area (Å²) in [7, 11) is -33.5. The molecular formula is C96H101BrFN3O28S7. The van der Waals surface area contributed by atoms with Crippen molar-refractivity contribution in [3.8, 4) is 0 Å². The molecule has 16 aromatic rings. The predicted molar refractivity (Wildman–Crippen MR) is 526 cm³/mol. The number of rotatable bonds is 34. The molecule has 40 heteroatoms. The first-order chi connectivity index (χ1) is 64.8. The Morgan fingerprint density at radius 2 is 0.610 bits per heavy atom. The first-order valence-electron chi connectivity index (χ1n) is 43.7. The molecule has 0 aliphatic heterocycles. The van der Waals surface area contributed by atoms with Crippen molar-refractivity contribution in [2.45, 2.75) is 184 Å². The van der Waals surface area contributed by atoms with Crippen molar-refractivity contribution in [3.05, 3.63) is 199 Å². The summed E-state index contributed by atoms with van der Waals surface area (Å²) in [5.74, 6) is 3.73. The number of benzene rings is 16. The Kier molecular flexibility index (Phi) is 36.2. The molecule has 1 amide bonds. The Hall–Kier alpha value is -11.2. The number of unbranched alkanes of at least 4 members (excludes halogenated alkanes) is 11. The highest BCUT2D eigenvalue weighted by atomic mass is 79.9. The molecule has 136 heavy (non-hydrogen) atoms. The van der Waals surface area contributed by atoms with Crippen LogP contribution in [0, 0.1) is 0 Å². The number of hydrazine groups is 1. The number of ether oxygens (including phenoxy) is 2. The standard InChI is InChI=1S/C25H26O2.C23H24N2O10S3.C23H22O11S3.C16H11N.C8H15BrO2.CH3F.O3S/c1-2-27-23(26)11-6-4-3-5-8-18-12-13-21-15-14-19-9-7-10-20-16-17-22(18)25(21)24(19)20;24-25-21(26)6-4-2-1-3-5-13-11-18(36(27,28)29)15-9-10-17-20(38(33,34)35)12-19(37(30,31)32)16-8-7-14(13)22(15)23(16)17;24-21(25)6-4-2-1-3-5-13-11-18(35(26,27)28)15-9-10-17-20(37(32,33)34)12-19(36(29,30)31)16-8-7-14(13)22(15)23(16)17;17-14-9-7-12-5-4-10-2-1-3-11-6-8-13(14)16(12)15(10)11;1-2-11-8(10)6-4-3-5-7-9;1-2;1-4(2)3/h7,9-10,12-17H,2-6,8,11H2,1H3;7-12H,1-6,24H2,(H,25,26)(H,27,28,29)(H,30,31,32)(H,33,34,35);7-12H,1-6H2,(H,24,25)(H,26,27,28)(H,29,30,31)(H,32,33,34);1-9H,17H2;2-7H2,1H3;1H3;/i;;;;;1D;. The van der Waals surface area contributed by atoms with E-state index >= 15 is 0 Å². The quantitative estimate of drug-likeness (QED) is 0.00206. The number of carbonyl (C=O) groups is 4. The second-order valence-corrected chi connectivity index (χ2v) is 41.5. The van der Waals surface area contributed by atoms with Crippen LogP contribution in [0.5, 0.6) is 0 Å². The Balaban J connectivity index is 0.000000182. The van der Waals surface area contributed by atoms with E-state index in [9.17, 15) is 101 Å². The van der Waals surface area contributed by atoms with Gasteiger partial charge >= 0.3 is 28.5 Å². The van der Waals surface area contributed by atoms with Gasteiger partial charge in [-0.05, 0) is 212 Å². The molecule has 0 aliphatic rings. The van der Waals surface area contributed by atoms with Gasteiger partial charge in [-0.1, -0.05) is 213 Å². The molecule has 16 aromatic carbocycles. The number of carboxylic acid groups (broad SMARTS) is 1. The van der Waals surface area contributed by atoms with E-state index in [0.29, 0.717) is 124 Å². The van der Waals surface area contributed by atoms with Crippen LogP contribution in [0.4, 0.5) is 10.1 Å². The molecule has 0 fully saturated rings. The monoisotopic (exact) mass is 2070 g/mol. The molecule has 0 unspecified atom stereocenters. The van der Waals surface area contributed by atoms with Crippen LogP contribution in [0.3, 0.4) is 0 Å². The molecule has 0 saturated carbocycles. The lowest BCUT2D eigenvalue weighted by Gasteiger charge is -2.18. The van der Waals surface area contributed by atoms with Crippen molar-refractivity contribution in [2.24, 2.45) is 5.84 Å². The van der Waals surface area contributed by atoms with Crippen LogP contribution >= 0.6 is 15.9 Å². The summed E-state index contributed by atoms with van der Waals surface area (Å²) in [5.41, 5.74) is 11.4. The number of aryl methyl sites for hydroxylation is 3. The fourth-order valence-corrected chi connectivity index (χ4v) is 22.2. The lowest BCUT2D eigenvalue weighted by atomic mass is 9.90. The van der Waals surface area contributed by atoms with Gasteiger partial charge in [0.25, 0.3) is 60.7 Å². The minimum absolute atomic E-state index is 0.00502. The van der Waals surface area contributed by atoms with Gasteiger partial charge in [-0.2, -0.15) is 50.5 Å². The van der Waals surface area contributed by atoms with Crippen molar-refractivity contribution >= 4 is 246 Å². The lowest BCUT2D eigenvalue weighted by molar-refractivity contribution is -0.144. The number of aliphatic carboxylic acids is 1. The number of anilines is 1. The van der Waals surface area contributed by atoms with E-state index in [1.165, 1.54) is 125 Å². The van der Waals surface area contributed by atoms with Crippen molar-refractivity contribution in [3.63, 3.8) is 0 Å². The summed E-state index contributed by atoms with van der Waals surface area (Å²) in [6, 6.07) is 53.8. The smallest absolute Gasteiger partial charge is 0.425 e. The number of alkyl halides is 2. The van der Waals surface area contributed by atoms with Gasteiger partial charge in [0.05, 0.1) is 21.7 Å². The molecule has 0 atom stereocenters. The zero-order chi connectivity index (χ0) is 100. The van der Waals surface area contributed by atoms with Gasteiger partial charge in [-0.3, -0.25) is 56.3 Å². The Labute approximate surface area is 795 Å². The molecular weight excluding hydrogens is 1970 g/mol. The van der Waals surface area contributed by atoms with Gasteiger partial charge < -0.3 is 20.3 Å². The number of hydrogen-bond acceptors (Lipinski definition) is 23. The first kappa shape index (κ1) is 105. The number of nitrogens with two attached hydrogens (primary N) is 2. The van der Waals surface area contributed by atoms with Gasteiger partial charge in [-0.15, -0.1) is 12.6 Å². The van der Waals surface area contributed by atoms with Gasteiger partial charge in [-0.25, -0.2) is 5.84 Å². The van der Waals surface area contributed by atoms with Crippen LogP contribution < -0.4 is 17.0 Å². The van der Waals surface area contributed by atoms with E-state index in [-0.39, 0.29) is 84.5 Å². The highest BCUT2D eigenvalue weighted by Gasteiger charge is 2.31. The third-order valence-corrected chi connectivity index (χ3v) is 29.1. The van der Waals surface area contributed by atoms with Crippen molar-refractivity contribution in [2.75, 3.05) is 31.4 Å². The molecule has 724 valence electrons. The number of carboxylic acids is 1. The normalized spacial score (nSPS) is 12.1. The summed E-state index contributed by atoms with van der Waals surface area (Å²) in [6.45, 7) is 4.66. The minimum atomic E-state index is -4.97. The number of hydrogen-bond donors (Lipinski definition) is 10. The molecule has 0 spiro atoms. The maximum absolute atomic E-state index is 12.3. The van der Waals surface area contributed by atoms with Crippen molar-refractivity contribution in [1.29, 1.82) is 0 Å². The maximum Gasteiger partial charge on any atom is 0.425 e. The maximum atomic E-state index is 12.3. The van der Waals surface area contributed by atoms with E-state index in [1.807, 2.05) is 25.3 Å². The molecule has 0 aromatic heterocycles. The minimum Gasteiger partial charge on any atom is -0.481 e. The molecule has 0 bridgehead atoms. The summed E-state index contributed by atoms with van der Waals surface area (Å²) >= 11 is 3.33. The number of esters is 2. The second-order valence-electron chi connectivity index (χ2n) is 31.9.